The fourth-order valence-corrected chi connectivity index (χ4v) is 3.77. The van der Waals surface area contributed by atoms with Crippen LogP contribution in [0.25, 0.3) is 11.4 Å². The summed E-state index contributed by atoms with van der Waals surface area (Å²) in [5.74, 6) is -0.598. The Hall–Kier alpha value is -2.33. The third-order valence-corrected chi connectivity index (χ3v) is 6.01. The molecule has 0 amide bonds. The third-order valence-electron chi connectivity index (χ3n) is 3.61. The Labute approximate surface area is 155 Å². The summed E-state index contributed by atoms with van der Waals surface area (Å²) in [6.45, 7) is 4.74. The van der Waals surface area contributed by atoms with Crippen LogP contribution in [0, 0.1) is 5.41 Å². The van der Waals surface area contributed by atoms with E-state index in [1.54, 1.807) is 38.1 Å². The molecule has 1 aromatic carbocycles. The lowest BCUT2D eigenvalue weighted by atomic mass is 9.86. The highest BCUT2D eigenvalue weighted by Crippen LogP contribution is 2.26. The Balaban J connectivity index is 2.24. The number of hydrogen-bond donors (Lipinski definition) is 1. The number of hydrogen-bond acceptors (Lipinski definition) is 7. The molecule has 0 aliphatic carbocycles. The summed E-state index contributed by atoms with van der Waals surface area (Å²) in [6, 6.07) is 7.02. The Morgan fingerprint density at radius 3 is 2.46 bits per heavy atom. The first-order chi connectivity index (χ1) is 12.0. The molecule has 2 aromatic rings. The van der Waals surface area contributed by atoms with Crippen molar-refractivity contribution in [2.75, 3.05) is 7.11 Å². The average molecular weight is 397 g/mol. The van der Waals surface area contributed by atoms with Gasteiger partial charge in [0.2, 0.25) is 0 Å². The molecule has 1 N–H and O–H groups in total. The van der Waals surface area contributed by atoms with Crippen LogP contribution < -0.4 is 0 Å². The molecule has 10 heteroatoms. The zero-order chi connectivity index (χ0) is 19.5. The maximum Gasteiger partial charge on any atom is 0.314 e. The van der Waals surface area contributed by atoms with E-state index in [9.17, 15) is 18.3 Å². The molecule has 0 saturated carbocycles. The number of benzene rings is 1. The van der Waals surface area contributed by atoms with Crippen molar-refractivity contribution in [3.63, 3.8) is 0 Å². The molecule has 0 saturated heterocycles. The molecule has 0 fully saturated rings. The van der Waals surface area contributed by atoms with Crippen LogP contribution in [0.5, 0.6) is 0 Å². The second-order valence-corrected chi connectivity index (χ2v) is 8.77. The molecule has 0 bridgehead atoms. The van der Waals surface area contributed by atoms with Gasteiger partial charge >= 0.3 is 16.0 Å². The predicted octanol–water partition coefficient (Wildman–Crippen LogP) is 2.61. The van der Waals surface area contributed by atoms with E-state index in [4.69, 9.17) is 4.74 Å². The van der Waals surface area contributed by atoms with Gasteiger partial charge in [-0.15, -0.1) is 4.40 Å². The standard InChI is InChI=1S/C16H19N3O5S2/c1-10(24-4)19-26(22,23)15-17-13(18-25-15)12-7-5-11(6-8-12)9-16(2,3)14(20)21/h5-8H,9H2,1-4H3,(H,20,21). The summed E-state index contributed by atoms with van der Waals surface area (Å²) in [4.78, 5) is 15.2. The van der Waals surface area contributed by atoms with Crippen LogP contribution in [0.15, 0.2) is 33.0 Å². The van der Waals surface area contributed by atoms with E-state index in [0.717, 1.165) is 17.1 Å². The lowest BCUT2D eigenvalue weighted by Gasteiger charge is -2.18. The van der Waals surface area contributed by atoms with Crippen molar-refractivity contribution >= 4 is 33.4 Å². The molecule has 8 nitrogen and oxygen atoms in total. The number of carbonyl (C=O) groups is 1. The number of sulfonamides is 1. The smallest absolute Gasteiger partial charge is 0.314 e. The quantitative estimate of drug-likeness (QED) is 0.588. The highest BCUT2D eigenvalue weighted by atomic mass is 32.2. The summed E-state index contributed by atoms with van der Waals surface area (Å²) in [6.07, 6.45) is 0.373. The highest BCUT2D eigenvalue weighted by molar-refractivity contribution is 7.92. The fraction of sp³-hybridized carbons (Fsp3) is 0.375. The fourth-order valence-electron chi connectivity index (χ4n) is 2.03. The Morgan fingerprint density at radius 1 is 1.31 bits per heavy atom. The summed E-state index contributed by atoms with van der Waals surface area (Å²) in [7, 11) is -2.63. The van der Waals surface area contributed by atoms with E-state index in [1.165, 1.54) is 14.0 Å². The van der Waals surface area contributed by atoms with Crippen LogP contribution >= 0.6 is 11.5 Å². The lowest BCUT2D eigenvalue weighted by molar-refractivity contribution is -0.146. The molecule has 1 aromatic heterocycles. The number of methoxy groups -OCH3 is 1. The Kier molecular flexibility index (Phi) is 5.77. The van der Waals surface area contributed by atoms with Crippen molar-refractivity contribution in [3.05, 3.63) is 29.8 Å². The van der Waals surface area contributed by atoms with Crippen molar-refractivity contribution < 1.29 is 23.1 Å². The molecular weight excluding hydrogens is 378 g/mol. The van der Waals surface area contributed by atoms with Crippen molar-refractivity contribution in [2.45, 2.75) is 31.5 Å². The minimum absolute atomic E-state index is 0.00662. The first kappa shape index (κ1) is 20.0. The molecule has 2 rings (SSSR count). The maximum absolute atomic E-state index is 12.1. The molecule has 0 aliphatic rings. The molecule has 0 radical (unpaired) electrons. The predicted molar refractivity (Wildman–Crippen MR) is 97.8 cm³/mol. The van der Waals surface area contributed by atoms with Gasteiger partial charge < -0.3 is 9.84 Å². The first-order valence-corrected chi connectivity index (χ1v) is 9.78. The number of rotatable bonds is 6. The summed E-state index contributed by atoms with van der Waals surface area (Å²) >= 11 is 0.732. The molecule has 0 spiro atoms. The van der Waals surface area contributed by atoms with E-state index >= 15 is 0 Å². The second kappa shape index (κ2) is 7.50. The van der Waals surface area contributed by atoms with Gasteiger partial charge in [0.15, 0.2) is 11.7 Å². The minimum Gasteiger partial charge on any atom is -0.484 e. The minimum atomic E-state index is -3.96. The van der Waals surface area contributed by atoms with Gasteiger partial charge in [0.1, 0.15) is 0 Å². The van der Waals surface area contributed by atoms with Gasteiger partial charge in [0.25, 0.3) is 4.34 Å². The Morgan fingerprint density at radius 2 is 1.92 bits per heavy atom. The van der Waals surface area contributed by atoms with Gasteiger partial charge in [-0.3, -0.25) is 4.79 Å². The maximum atomic E-state index is 12.1. The van der Waals surface area contributed by atoms with Gasteiger partial charge in [0, 0.05) is 24.0 Å². The van der Waals surface area contributed by atoms with Crippen LogP contribution in [-0.2, 0) is 26.0 Å². The third kappa shape index (κ3) is 4.64. The molecule has 0 unspecified atom stereocenters. The van der Waals surface area contributed by atoms with Crippen LogP contribution in [0.4, 0.5) is 0 Å². The van der Waals surface area contributed by atoms with Crippen molar-refractivity contribution in [3.8, 4) is 11.4 Å². The zero-order valence-electron chi connectivity index (χ0n) is 14.8. The SMILES string of the molecule is COC(C)=NS(=O)(=O)c1nc(-c2ccc(CC(C)(C)C(=O)O)cc2)ns1. The normalized spacial score (nSPS) is 12.8. The first-order valence-electron chi connectivity index (χ1n) is 7.57. The van der Waals surface area contributed by atoms with Crippen LogP contribution in [0.2, 0.25) is 0 Å². The Bertz CT molecular complexity index is 931. The highest BCUT2D eigenvalue weighted by Gasteiger charge is 2.27. The van der Waals surface area contributed by atoms with Crippen molar-refractivity contribution in [2.24, 2.45) is 9.81 Å². The molecule has 0 atom stereocenters. The topological polar surface area (TPSA) is 119 Å². The average Bonchev–Trinajstić information content (AvgIpc) is 3.05. The molecular formula is C16H19N3O5S2. The molecule has 26 heavy (non-hydrogen) atoms. The van der Waals surface area contributed by atoms with E-state index in [2.05, 4.69) is 13.8 Å². The van der Waals surface area contributed by atoms with Gasteiger partial charge in [0.05, 0.1) is 12.5 Å². The van der Waals surface area contributed by atoms with E-state index in [1.807, 2.05) is 0 Å². The number of carboxylic acids is 1. The lowest BCUT2D eigenvalue weighted by Crippen LogP contribution is -2.26. The summed E-state index contributed by atoms with van der Waals surface area (Å²) in [5, 5.41) is 9.20. The van der Waals surface area contributed by atoms with Crippen LogP contribution in [0.1, 0.15) is 26.3 Å². The van der Waals surface area contributed by atoms with Gasteiger partial charge in [-0.05, 0) is 25.8 Å². The monoisotopic (exact) mass is 397 g/mol. The number of aromatic nitrogens is 2. The number of ether oxygens (including phenoxy) is 1. The van der Waals surface area contributed by atoms with Gasteiger partial charge in [-0.2, -0.15) is 12.8 Å². The van der Waals surface area contributed by atoms with Crippen molar-refractivity contribution in [1.29, 1.82) is 0 Å². The number of carboxylic acid groups (broad SMARTS) is 1. The number of aliphatic carboxylic acids is 1. The molecule has 1 heterocycles. The van der Waals surface area contributed by atoms with Crippen LogP contribution in [0.3, 0.4) is 0 Å². The molecule has 0 aliphatic heterocycles. The summed E-state index contributed by atoms with van der Waals surface area (Å²) < 4.78 is 36.3. The van der Waals surface area contributed by atoms with E-state index in [0.29, 0.717) is 12.0 Å². The van der Waals surface area contributed by atoms with Gasteiger partial charge in [-0.1, -0.05) is 24.3 Å². The van der Waals surface area contributed by atoms with E-state index in [-0.39, 0.29) is 16.1 Å². The van der Waals surface area contributed by atoms with Crippen molar-refractivity contribution in [1.82, 2.24) is 9.36 Å². The number of nitrogens with zero attached hydrogens (tertiary/aromatic N) is 3. The molecule has 140 valence electrons. The zero-order valence-corrected chi connectivity index (χ0v) is 16.4. The van der Waals surface area contributed by atoms with E-state index < -0.39 is 21.4 Å². The second-order valence-electron chi connectivity index (χ2n) is 6.24. The van der Waals surface area contributed by atoms with Gasteiger partial charge in [-0.25, -0.2) is 4.98 Å². The summed E-state index contributed by atoms with van der Waals surface area (Å²) in [5.41, 5.74) is 0.607. The van der Waals surface area contributed by atoms with Crippen LogP contribution in [-0.4, -0.2) is 41.9 Å². The largest absolute Gasteiger partial charge is 0.484 e.